The molecule has 0 atom stereocenters. The highest BCUT2D eigenvalue weighted by atomic mass is 14.1. The molecule has 1 aliphatic rings. The van der Waals surface area contributed by atoms with Crippen molar-refractivity contribution in [3.63, 3.8) is 0 Å². The van der Waals surface area contributed by atoms with E-state index in [1.165, 1.54) is 25.7 Å². The lowest BCUT2D eigenvalue weighted by Crippen LogP contribution is -1.77. The van der Waals surface area contributed by atoms with Crippen LogP contribution in [0, 0.1) is 5.92 Å². The molecule has 0 aliphatic heterocycles. The van der Waals surface area contributed by atoms with Crippen molar-refractivity contribution in [3.8, 4) is 0 Å². The van der Waals surface area contributed by atoms with E-state index in [0.717, 1.165) is 5.92 Å². The van der Waals surface area contributed by atoms with E-state index < -0.39 is 0 Å². The van der Waals surface area contributed by atoms with Crippen molar-refractivity contribution < 1.29 is 0 Å². The first-order valence-electron chi connectivity index (χ1n) is 5.80. The van der Waals surface area contributed by atoms with Crippen LogP contribution in [0.5, 0.6) is 0 Å². The molecule has 0 unspecified atom stereocenters. The molecule has 0 heterocycles. The summed E-state index contributed by atoms with van der Waals surface area (Å²) < 4.78 is 0. The first-order valence-corrected chi connectivity index (χ1v) is 5.80. The fraction of sp³-hybridized carbons (Fsp3) is 0.571. The summed E-state index contributed by atoms with van der Waals surface area (Å²) in [6.07, 6.45) is 5.27. The minimum atomic E-state index is 0.884. The van der Waals surface area contributed by atoms with E-state index in [9.17, 15) is 0 Å². The average Bonchev–Trinajstić information content (AvgIpc) is 2.66. The molecule has 0 N–H and O–H groups in total. The molecule has 1 aliphatic carbocycles. The van der Waals surface area contributed by atoms with Crippen molar-refractivity contribution in [2.24, 2.45) is 5.92 Å². The quantitative estimate of drug-likeness (QED) is 0.621. The molecule has 0 spiro atoms. The Morgan fingerprint density at radius 3 is 1.86 bits per heavy atom. The van der Waals surface area contributed by atoms with Crippen LogP contribution in [-0.4, -0.2) is 0 Å². The van der Waals surface area contributed by atoms with E-state index in [0.29, 0.717) is 0 Å². The van der Waals surface area contributed by atoms with Gasteiger partial charge in [-0.1, -0.05) is 51.5 Å². The summed E-state index contributed by atoms with van der Waals surface area (Å²) in [6.45, 7) is 6.64. The fourth-order valence-corrected chi connectivity index (χ4v) is 1.51. The van der Waals surface area contributed by atoms with Crippen LogP contribution in [0.4, 0.5) is 0 Å². The second kappa shape index (κ2) is 5.85. The van der Waals surface area contributed by atoms with Gasteiger partial charge in [-0.2, -0.15) is 0 Å². The molecule has 0 saturated carbocycles. The Morgan fingerprint density at radius 2 is 1.50 bits per heavy atom. The molecule has 0 radical (unpaired) electrons. The summed E-state index contributed by atoms with van der Waals surface area (Å²) in [7, 11) is 0. The molecule has 1 aromatic rings. The fourth-order valence-electron chi connectivity index (χ4n) is 1.51. The molecule has 0 fully saturated rings. The van der Waals surface area contributed by atoms with Gasteiger partial charge in [0.15, 0.2) is 0 Å². The Labute approximate surface area is 88.4 Å². The number of fused-ring (bicyclic) bond motifs is 1. The Bertz CT molecular complexity index is 237. The molecular formula is C14H22. The van der Waals surface area contributed by atoms with Crippen LogP contribution < -0.4 is 0 Å². The lowest BCUT2D eigenvalue weighted by atomic mass is 10.1. The minimum Gasteiger partial charge on any atom is -0.0651 e. The van der Waals surface area contributed by atoms with Crippen molar-refractivity contribution in [1.82, 2.24) is 0 Å². The number of hydrogen-bond acceptors (Lipinski definition) is 0. The molecule has 0 aromatic heterocycles. The highest BCUT2D eigenvalue weighted by molar-refractivity contribution is 5.30. The second-order valence-corrected chi connectivity index (χ2v) is 4.42. The zero-order valence-corrected chi connectivity index (χ0v) is 9.72. The van der Waals surface area contributed by atoms with Crippen LogP contribution in [0.2, 0.25) is 0 Å². The monoisotopic (exact) mass is 190 g/mol. The molecule has 78 valence electrons. The molecule has 2 rings (SSSR count). The van der Waals surface area contributed by atoms with Gasteiger partial charge in [-0.25, -0.2) is 0 Å². The average molecular weight is 190 g/mol. The molecular weight excluding hydrogens is 168 g/mol. The van der Waals surface area contributed by atoms with Gasteiger partial charge in [-0.15, -0.1) is 0 Å². The van der Waals surface area contributed by atoms with E-state index in [4.69, 9.17) is 0 Å². The Kier molecular flexibility index (Phi) is 4.72. The second-order valence-electron chi connectivity index (χ2n) is 4.42. The normalized spacial score (nSPS) is 13.4. The van der Waals surface area contributed by atoms with E-state index >= 15 is 0 Å². The molecule has 0 nitrogen and oxygen atoms in total. The third-order valence-corrected chi connectivity index (χ3v) is 2.83. The van der Waals surface area contributed by atoms with Crippen molar-refractivity contribution in [2.45, 2.75) is 46.5 Å². The smallest absolute Gasteiger partial charge is 0.0273 e. The number of hydrogen-bond donors (Lipinski definition) is 0. The molecule has 1 aromatic carbocycles. The van der Waals surface area contributed by atoms with Gasteiger partial charge >= 0.3 is 0 Å². The third kappa shape index (κ3) is 3.53. The summed E-state index contributed by atoms with van der Waals surface area (Å²) in [5, 5.41) is 0. The van der Waals surface area contributed by atoms with Crippen molar-refractivity contribution in [3.05, 3.63) is 35.4 Å². The Morgan fingerprint density at radius 1 is 1.07 bits per heavy atom. The summed E-state index contributed by atoms with van der Waals surface area (Å²) >= 11 is 0. The summed E-state index contributed by atoms with van der Waals surface area (Å²) in [5.74, 6) is 0.884. The van der Waals surface area contributed by atoms with Crippen molar-refractivity contribution in [1.29, 1.82) is 0 Å². The molecule has 0 heteroatoms. The van der Waals surface area contributed by atoms with Gasteiger partial charge in [-0.3, -0.25) is 0 Å². The lowest BCUT2D eigenvalue weighted by Gasteiger charge is -1.93. The summed E-state index contributed by atoms with van der Waals surface area (Å²) in [6, 6.07) is 8.74. The molecule has 0 saturated heterocycles. The van der Waals surface area contributed by atoms with E-state index in [1.54, 1.807) is 11.1 Å². The van der Waals surface area contributed by atoms with Crippen molar-refractivity contribution in [2.75, 3.05) is 0 Å². The standard InChI is InChI=1S/C9H10.C5H12/c1-2-5-9-7-3-6-8(9)4-1;1-4-5(2)3/h1-2,4-5H,3,6-7H2;5H,4H2,1-3H3. The van der Waals surface area contributed by atoms with E-state index in [1.807, 2.05) is 0 Å². The highest BCUT2D eigenvalue weighted by Gasteiger charge is 2.07. The molecule has 0 bridgehead atoms. The van der Waals surface area contributed by atoms with Gasteiger partial charge in [0.2, 0.25) is 0 Å². The van der Waals surface area contributed by atoms with Gasteiger partial charge in [0.1, 0.15) is 0 Å². The maximum atomic E-state index is 2.24. The van der Waals surface area contributed by atoms with Gasteiger partial charge in [0.05, 0.1) is 0 Å². The number of aryl methyl sites for hydroxylation is 2. The predicted molar refractivity (Wildman–Crippen MR) is 63.6 cm³/mol. The van der Waals surface area contributed by atoms with Crippen molar-refractivity contribution >= 4 is 0 Å². The first kappa shape index (κ1) is 11.3. The largest absolute Gasteiger partial charge is 0.0651 e. The van der Waals surface area contributed by atoms with Crippen LogP contribution in [0.15, 0.2) is 24.3 Å². The van der Waals surface area contributed by atoms with Crippen LogP contribution in [0.25, 0.3) is 0 Å². The van der Waals surface area contributed by atoms with Gasteiger partial charge in [-0.05, 0) is 36.3 Å². The Hall–Kier alpha value is -0.780. The van der Waals surface area contributed by atoms with E-state index in [2.05, 4.69) is 45.0 Å². The predicted octanol–water partition coefficient (Wildman–Crippen LogP) is 4.23. The SMILES string of the molecule is CCC(C)C.c1ccc2c(c1)CCC2. The summed E-state index contributed by atoms with van der Waals surface area (Å²) in [5.41, 5.74) is 3.13. The third-order valence-electron chi connectivity index (χ3n) is 2.83. The van der Waals surface area contributed by atoms with E-state index in [-0.39, 0.29) is 0 Å². The number of benzene rings is 1. The molecule has 14 heavy (non-hydrogen) atoms. The van der Waals surface area contributed by atoms with Crippen LogP contribution in [0.1, 0.15) is 44.7 Å². The van der Waals surface area contributed by atoms with Gasteiger partial charge in [0, 0.05) is 0 Å². The maximum Gasteiger partial charge on any atom is -0.0273 e. The topological polar surface area (TPSA) is 0 Å². The number of rotatable bonds is 1. The zero-order valence-electron chi connectivity index (χ0n) is 9.72. The minimum absolute atomic E-state index is 0.884. The highest BCUT2D eigenvalue weighted by Crippen LogP contribution is 2.20. The molecule has 0 amide bonds. The maximum absolute atomic E-state index is 2.24. The first-order chi connectivity index (χ1) is 6.74. The lowest BCUT2D eigenvalue weighted by molar-refractivity contribution is 0.626. The van der Waals surface area contributed by atoms with Gasteiger partial charge in [0.25, 0.3) is 0 Å². The Balaban J connectivity index is 0.000000171. The van der Waals surface area contributed by atoms with Crippen LogP contribution >= 0.6 is 0 Å². The summed E-state index contributed by atoms with van der Waals surface area (Å²) in [4.78, 5) is 0. The van der Waals surface area contributed by atoms with Gasteiger partial charge < -0.3 is 0 Å². The zero-order chi connectivity index (χ0) is 10.4. The van der Waals surface area contributed by atoms with Crippen LogP contribution in [0.3, 0.4) is 0 Å². The van der Waals surface area contributed by atoms with Crippen LogP contribution in [-0.2, 0) is 12.8 Å².